The second-order valence-corrected chi connectivity index (χ2v) is 16.7. The summed E-state index contributed by atoms with van der Waals surface area (Å²) in [6, 6.07) is 66.3. The van der Waals surface area contributed by atoms with Crippen LogP contribution >= 0.6 is 0 Å². The van der Waals surface area contributed by atoms with E-state index in [0.29, 0.717) is 5.92 Å². The monoisotopic (exact) mass is 796 g/mol. The Morgan fingerprint density at radius 2 is 1.32 bits per heavy atom. The number of benzene rings is 8. The second-order valence-electron chi connectivity index (χ2n) is 16.7. The van der Waals surface area contributed by atoms with Gasteiger partial charge in [0.25, 0.3) is 0 Å². The first-order valence-corrected chi connectivity index (χ1v) is 21.8. The van der Waals surface area contributed by atoms with Gasteiger partial charge in [0.1, 0.15) is 0 Å². The van der Waals surface area contributed by atoms with Crippen molar-refractivity contribution in [1.29, 1.82) is 0 Å². The van der Waals surface area contributed by atoms with Gasteiger partial charge in [-0.15, -0.1) is 0 Å². The maximum atomic E-state index is 5.61. The Hall–Kier alpha value is -7.69. The molecule has 1 aromatic heterocycles. The van der Waals surface area contributed by atoms with Crippen LogP contribution in [0.1, 0.15) is 30.7 Å². The number of hydrogen-bond acceptors (Lipinski definition) is 3. The quantitative estimate of drug-likeness (QED) is 0.182. The van der Waals surface area contributed by atoms with Crippen LogP contribution in [0, 0.1) is 0 Å². The van der Waals surface area contributed by atoms with Gasteiger partial charge >= 0.3 is 0 Å². The first kappa shape index (κ1) is 36.2. The van der Waals surface area contributed by atoms with Crippen molar-refractivity contribution in [2.75, 3.05) is 4.90 Å². The number of hydrogen-bond donors (Lipinski definition) is 1. The van der Waals surface area contributed by atoms with E-state index < -0.39 is 0 Å². The number of aliphatic imine (C=N–C) groups is 1. The third-order valence-electron chi connectivity index (χ3n) is 13.0. The first-order valence-electron chi connectivity index (χ1n) is 21.8. The van der Waals surface area contributed by atoms with E-state index in [4.69, 9.17) is 4.99 Å². The molecule has 0 saturated carbocycles. The molecule has 8 aromatic carbocycles. The molecule has 0 radical (unpaired) electrons. The van der Waals surface area contributed by atoms with Gasteiger partial charge in [-0.05, 0) is 112 Å². The highest BCUT2D eigenvalue weighted by Crippen LogP contribution is 2.42. The highest BCUT2D eigenvalue weighted by molar-refractivity contribution is 6.12. The molecule has 0 saturated heterocycles. The first-order chi connectivity index (χ1) is 30.7. The maximum absolute atomic E-state index is 5.61. The number of anilines is 2. The molecule has 0 fully saturated rings. The predicted molar refractivity (Wildman–Crippen MR) is 261 cm³/mol. The number of para-hydroxylation sites is 3. The molecule has 9 aromatic rings. The van der Waals surface area contributed by atoms with Crippen LogP contribution in [0.5, 0.6) is 0 Å². The molecule has 62 heavy (non-hydrogen) atoms. The Labute approximate surface area is 361 Å². The van der Waals surface area contributed by atoms with Crippen molar-refractivity contribution in [2.45, 2.75) is 31.2 Å². The number of guanidine groups is 1. The van der Waals surface area contributed by atoms with E-state index in [2.05, 4.69) is 227 Å². The molecule has 4 heteroatoms. The van der Waals surface area contributed by atoms with Crippen LogP contribution in [0.15, 0.2) is 234 Å². The molecule has 4 nitrogen and oxygen atoms in total. The fourth-order valence-electron chi connectivity index (χ4n) is 9.95. The average molecular weight is 797 g/mol. The van der Waals surface area contributed by atoms with Crippen molar-refractivity contribution in [3.05, 3.63) is 235 Å². The molecular weight excluding hydrogens is 753 g/mol. The standard InChI is InChI=1S/C58H44N4/c1-3-18-46(19-4-1)61(58-59-54-25-13-11-24-52(54)57(60-58)41-30-27-40(28-31-41)43-32-29-39-15-7-8-16-42(39)35-43)48-36-44-17-9-10-22-49(44)53(38-48)45-33-34-51-50-23-12-14-26-55(50)62(56(51)37-45)47-20-5-2-6-21-47/h1-12,14-24,26-27,29-38,40,54H,13,25,28H2,(H,59,60). The molecule has 0 amide bonds. The lowest BCUT2D eigenvalue weighted by atomic mass is 9.85. The zero-order valence-electron chi connectivity index (χ0n) is 34.3. The number of rotatable bonds is 6. The highest BCUT2D eigenvalue weighted by atomic mass is 15.3. The Morgan fingerprint density at radius 3 is 2.16 bits per heavy atom. The van der Waals surface area contributed by atoms with Crippen molar-refractivity contribution in [3.63, 3.8) is 0 Å². The van der Waals surface area contributed by atoms with E-state index >= 15 is 0 Å². The van der Waals surface area contributed by atoms with Gasteiger partial charge in [-0.25, -0.2) is 4.99 Å². The Bertz CT molecular complexity index is 3360. The minimum atomic E-state index is 0.142. The third kappa shape index (κ3) is 6.26. The van der Waals surface area contributed by atoms with E-state index in [9.17, 15) is 0 Å². The molecule has 12 rings (SSSR count). The van der Waals surface area contributed by atoms with Gasteiger partial charge in [0.2, 0.25) is 5.96 Å². The zero-order valence-corrected chi connectivity index (χ0v) is 34.3. The lowest BCUT2D eigenvalue weighted by Crippen LogP contribution is -2.48. The molecule has 2 aliphatic carbocycles. The molecule has 0 bridgehead atoms. The van der Waals surface area contributed by atoms with E-state index in [-0.39, 0.29) is 6.04 Å². The van der Waals surface area contributed by atoms with Crippen molar-refractivity contribution in [3.8, 4) is 16.8 Å². The van der Waals surface area contributed by atoms with Gasteiger partial charge in [0.15, 0.2) is 0 Å². The summed E-state index contributed by atoms with van der Waals surface area (Å²) in [5.74, 6) is 1.16. The van der Waals surface area contributed by atoms with Gasteiger partial charge in [-0.1, -0.05) is 164 Å². The fraction of sp³-hybridized carbons (Fsp3) is 0.0862. The van der Waals surface area contributed by atoms with Gasteiger partial charge in [-0.3, -0.25) is 4.90 Å². The number of fused-ring (bicyclic) bond motifs is 6. The van der Waals surface area contributed by atoms with Gasteiger partial charge in [0.05, 0.1) is 28.5 Å². The van der Waals surface area contributed by atoms with Gasteiger partial charge in [-0.2, -0.15) is 0 Å². The van der Waals surface area contributed by atoms with E-state index in [0.717, 1.165) is 48.0 Å². The zero-order chi connectivity index (χ0) is 41.0. The Kier molecular flexibility index (Phi) is 8.81. The summed E-state index contributed by atoms with van der Waals surface area (Å²) >= 11 is 0. The molecule has 296 valence electrons. The largest absolute Gasteiger partial charge is 0.348 e. The smallest absolute Gasteiger partial charge is 0.208 e. The second kappa shape index (κ2) is 15.1. The van der Waals surface area contributed by atoms with Crippen molar-refractivity contribution in [2.24, 2.45) is 4.99 Å². The van der Waals surface area contributed by atoms with Crippen LogP contribution in [0.2, 0.25) is 0 Å². The van der Waals surface area contributed by atoms with E-state index in [1.807, 2.05) is 0 Å². The highest BCUT2D eigenvalue weighted by Gasteiger charge is 2.31. The molecule has 1 aliphatic heterocycles. The van der Waals surface area contributed by atoms with Crippen LogP contribution < -0.4 is 10.2 Å². The van der Waals surface area contributed by atoms with Crippen molar-refractivity contribution < 1.29 is 0 Å². The minimum absolute atomic E-state index is 0.142. The SMILES string of the molecule is C1=CC2=C(C3=CCC(c4ccc5ccccc5c4)C=C3)N=C(N(c3ccccc3)c3cc(-c4ccc5c6ccccc6n(-c6ccccc6)c5c4)c4ccccc4c3)NC2CC1. The Morgan fingerprint density at radius 1 is 0.581 bits per heavy atom. The molecule has 1 N–H and O–H groups in total. The fourth-order valence-corrected chi connectivity index (χ4v) is 9.95. The summed E-state index contributed by atoms with van der Waals surface area (Å²) < 4.78 is 2.40. The van der Waals surface area contributed by atoms with Crippen LogP contribution in [-0.2, 0) is 0 Å². The normalized spacial score (nSPS) is 17.3. The van der Waals surface area contributed by atoms with Gasteiger partial charge < -0.3 is 9.88 Å². The Balaban J connectivity index is 0.992. The number of aromatic nitrogens is 1. The predicted octanol–water partition coefficient (Wildman–Crippen LogP) is 14.5. The lowest BCUT2D eigenvalue weighted by Gasteiger charge is -2.36. The molecular formula is C58H44N4. The molecule has 3 aliphatic rings. The molecule has 2 heterocycles. The topological polar surface area (TPSA) is 32.6 Å². The number of allylic oxidation sites excluding steroid dienone is 4. The molecule has 0 spiro atoms. The summed E-state index contributed by atoms with van der Waals surface area (Å²) in [6.45, 7) is 0. The van der Waals surface area contributed by atoms with Crippen LogP contribution in [0.25, 0.3) is 60.2 Å². The van der Waals surface area contributed by atoms with E-state index in [1.54, 1.807) is 0 Å². The average Bonchev–Trinajstić information content (AvgIpc) is 3.68. The maximum Gasteiger partial charge on any atom is 0.208 e. The molecule has 2 unspecified atom stereocenters. The summed E-state index contributed by atoms with van der Waals surface area (Å²) in [7, 11) is 0. The third-order valence-corrected chi connectivity index (χ3v) is 13.0. The molecule has 2 atom stereocenters. The summed E-state index contributed by atoms with van der Waals surface area (Å²) in [5, 5.41) is 11.4. The number of nitrogens with zero attached hydrogens (tertiary/aromatic N) is 3. The summed E-state index contributed by atoms with van der Waals surface area (Å²) in [6.07, 6.45) is 14.6. The minimum Gasteiger partial charge on any atom is -0.348 e. The van der Waals surface area contributed by atoms with E-state index in [1.165, 1.54) is 71.2 Å². The van der Waals surface area contributed by atoms with Crippen molar-refractivity contribution >= 4 is 60.7 Å². The van der Waals surface area contributed by atoms with Gasteiger partial charge in [0, 0.05) is 33.6 Å². The summed E-state index contributed by atoms with van der Waals surface area (Å²) in [4.78, 5) is 7.94. The van der Waals surface area contributed by atoms with Crippen LogP contribution in [-0.4, -0.2) is 16.6 Å². The number of nitrogens with one attached hydrogen (secondary N) is 1. The van der Waals surface area contributed by atoms with Crippen LogP contribution in [0.4, 0.5) is 11.4 Å². The van der Waals surface area contributed by atoms with Crippen LogP contribution in [0.3, 0.4) is 0 Å². The van der Waals surface area contributed by atoms with Crippen molar-refractivity contribution in [1.82, 2.24) is 9.88 Å². The lowest BCUT2D eigenvalue weighted by molar-refractivity contribution is 0.613. The summed E-state index contributed by atoms with van der Waals surface area (Å²) in [5.41, 5.74) is 12.8.